The van der Waals surface area contributed by atoms with Crippen LogP contribution in [0, 0.1) is 0 Å². The lowest BCUT2D eigenvalue weighted by atomic mass is 10.0. The van der Waals surface area contributed by atoms with Gasteiger partial charge in [-0.1, -0.05) is 12.1 Å². The maximum Gasteiger partial charge on any atom is 0.224 e. The Morgan fingerprint density at radius 2 is 1.86 bits per heavy atom. The molecule has 0 atom stereocenters. The zero-order chi connectivity index (χ0) is 15.9. The van der Waals surface area contributed by atoms with Gasteiger partial charge in [0.15, 0.2) is 0 Å². The molecular weight excluding hydrogens is 280 g/mol. The molecular formula is C17H24N2O3. The zero-order valence-electron chi connectivity index (χ0n) is 13.3. The van der Waals surface area contributed by atoms with Gasteiger partial charge in [-0.25, -0.2) is 0 Å². The lowest BCUT2D eigenvalue weighted by Crippen LogP contribution is -2.46. The molecule has 22 heavy (non-hydrogen) atoms. The number of carbonyl (C=O) groups excluding carboxylic acids is 2. The number of piperidine rings is 1. The zero-order valence-corrected chi connectivity index (χ0v) is 13.3. The van der Waals surface area contributed by atoms with E-state index < -0.39 is 0 Å². The predicted molar refractivity (Wildman–Crippen MR) is 84.7 cm³/mol. The van der Waals surface area contributed by atoms with E-state index in [4.69, 9.17) is 4.74 Å². The summed E-state index contributed by atoms with van der Waals surface area (Å²) in [7, 11) is 0. The molecule has 0 unspecified atom stereocenters. The Balaban J connectivity index is 1.77. The highest BCUT2D eigenvalue weighted by Gasteiger charge is 2.21. The van der Waals surface area contributed by atoms with Crippen molar-refractivity contribution >= 4 is 11.8 Å². The van der Waals surface area contributed by atoms with Crippen molar-refractivity contribution in [2.75, 3.05) is 19.7 Å². The van der Waals surface area contributed by atoms with E-state index in [1.165, 1.54) is 0 Å². The number of nitrogens with one attached hydrogen (secondary N) is 1. The largest absolute Gasteiger partial charge is 0.494 e. The van der Waals surface area contributed by atoms with Crippen LogP contribution in [-0.4, -0.2) is 42.5 Å². The average molecular weight is 304 g/mol. The highest BCUT2D eigenvalue weighted by Crippen LogP contribution is 2.13. The van der Waals surface area contributed by atoms with Crippen molar-refractivity contribution in [3.8, 4) is 5.75 Å². The second-order valence-electron chi connectivity index (χ2n) is 5.60. The molecule has 1 aliphatic rings. The number of benzene rings is 1. The number of rotatable bonds is 5. The van der Waals surface area contributed by atoms with E-state index in [0.29, 0.717) is 13.0 Å². The molecule has 2 amide bonds. The molecule has 0 saturated carbocycles. The third-order valence-corrected chi connectivity index (χ3v) is 3.90. The van der Waals surface area contributed by atoms with Gasteiger partial charge in [-0.2, -0.15) is 0 Å². The van der Waals surface area contributed by atoms with Crippen LogP contribution in [0.25, 0.3) is 0 Å². The maximum atomic E-state index is 12.1. The van der Waals surface area contributed by atoms with Crippen molar-refractivity contribution in [2.45, 2.75) is 39.2 Å². The molecule has 1 aromatic rings. The van der Waals surface area contributed by atoms with Crippen LogP contribution in [0.3, 0.4) is 0 Å². The first kappa shape index (κ1) is 16.3. The Labute approximate surface area is 131 Å². The molecule has 2 rings (SSSR count). The average Bonchev–Trinajstić information content (AvgIpc) is 2.50. The molecule has 0 aliphatic carbocycles. The molecule has 1 fully saturated rings. The first-order valence-electron chi connectivity index (χ1n) is 7.85. The molecule has 0 bridgehead atoms. The monoisotopic (exact) mass is 304 g/mol. The van der Waals surface area contributed by atoms with Crippen LogP contribution in [0.1, 0.15) is 32.3 Å². The Kier molecular flexibility index (Phi) is 5.81. The van der Waals surface area contributed by atoms with Gasteiger partial charge < -0.3 is 15.0 Å². The van der Waals surface area contributed by atoms with Gasteiger partial charge in [0, 0.05) is 26.1 Å². The molecule has 120 valence electrons. The summed E-state index contributed by atoms with van der Waals surface area (Å²) in [6, 6.07) is 7.78. The Bertz CT molecular complexity index is 505. The van der Waals surface area contributed by atoms with Crippen molar-refractivity contribution in [3.63, 3.8) is 0 Å². The van der Waals surface area contributed by atoms with E-state index in [-0.39, 0.29) is 17.9 Å². The van der Waals surface area contributed by atoms with Crippen molar-refractivity contribution in [1.29, 1.82) is 0 Å². The number of likely N-dealkylation sites (tertiary alicyclic amines) is 1. The number of carbonyl (C=O) groups is 2. The van der Waals surface area contributed by atoms with Gasteiger partial charge in [0.1, 0.15) is 5.75 Å². The van der Waals surface area contributed by atoms with E-state index in [9.17, 15) is 9.59 Å². The van der Waals surface area contributed by atoms with Gasteiger partial charge in [-0.3, -0.25) is 9.59 Å². The van der Waals surface area contributed by atoms with Gasteiger partial charge in [-0.15, -0.1) is 0 Å². The maximum absolute atomic E-state index is 12.1. The number of hydrogen-bond acceptors (Lipinski definition) is 3. The van der Waals surface area contributed by atoms with Crippen LogP contribution < -0.4 is 10.1 Å². The summed E-state index contributed by atoms with van der Waals surface area (Å²) in [4.78, 5) is 25.2. The smallest absolute Gasteiger partial charge is 0.224 e. The van der Waals surface area contributed by atoms with Gasteiger partial charge in [-0.05, 0) is 37.5 Å². The predicted octanol–water partition coefficient (Wildman–Crippen LogP) is 1.75. The molecule has 0 aromatic heterocycles. The molecule has 0 spiro atoms. The number of hydrogen-bond donors (Lipinski definition) is 1. The quantitative estimate of drug-likeness (QED) is 0.901. The van der Waals surface area contributed by atoms with Crippen LogP contribution >= 0.6 is 0 Å². The Morgan fingerprint density at radius 1 is 1.23 bits per heavy atom. The van der Waals surface area contributed by atoms with Crippen LogP contribution in [0.2, 0.25) is 0 Å². The van der Waals surface area contributed by atoms with E-state index in [2.05, 4.69) is 5.32 Å². The Morgan fingerprint density at radius 3 is 2.41 bits per heavy atom. The van der Waals surface area contributed by atoms with Crippen molar-refractivity contribution < 1.29 is 14.3 Å². The minimum Gasteiger partial charge on any atom is -0.494 e. The van der Waals surface area contributed by atoms with E-state index >= 15 is 0 Å². The summed E-state index contributed by atoms with van der Waals surface area (Å²) in [6.07, 6.45) is 2.03. The highest BCUT2D eigenvalue weighted by molar-refractivity contribution is 5.79. The lowest BCUT2D eigenvalue weighted by Gasteiger charge is -2.31. The highest BCUT2D eigenvalue weighted by atomic mass is 16.5. The second kappa shape index (κ2) is 7.82. The molecule has 1 aromatic carbocycles. The molecule has 5 heteroatoms. The summed E-state index contributed by atoms with van der Waals surface area (Å²) in [5.74, 6) is 0.966. The van der Waals surface area contributed by atoms with Gasteiger partial charge in [0.25, 0.3) is 0 Å². The molecule has 1 heterocycles. The van der Waals surface area contributed by atoms with Crippen molar-refractivity contribution in [3.05, 3.63) is 29.8 Å². The second-order valence-corrected chi connectivity index (χ2v) is 5.60. The molecule has 1 N–H and O–H groups in total. The minimum atomic E-state index is 0.0328. The fraction of sp³-hybridized carbons (Fsp3) is 0.529. The summed E-state index contributed by atoms with van der Waals surface area (Å²) in [5, 5.41) is 3.06. The normalized spacial score (nSPS) is 15.5. The standard InChI is InChI=1S/C17H24N2O3/c1-3-22-16-6-4-14(5-7-16)12-17(21)18-15-8-10-19(11-9-15)13(2)20/h4-7,15H,3,8-12H2,1-2H3,(H,18,21). The van der Waals surface area contributed by atoms with E-state index in [0.717, 1.165) is 37.2 Å². The number of amides is 2. The summed E-state index contributed by atoms with van der Waals surface area (Å²) >= 11 is 0. The molecule has 1 aliphatic heterocycles. The fourth-order valence-electron chi connectivity index (χ4n) is 2.67. The third-order valence-electron chi connectivity index (χ3n) is 3.90. The molecule has 1 saturated heterocycles. The first-order chi connectivity index (χ1) is 10.6. The van der Waals surface area contributed by atoms with Gasteiger partial charge in [0.05, 0.1) is 13.0 Å². The Hall–Kier alpha value is -2.04. The summed E-state index contributed by atoms with van der Waals surface area (Å²) in [6.45, 7) is 5.62. The van der Waals surface area contributed by atoms with Crippen LogP contribution in [0.4, 0.5) is 0 Å². The topological polar surface area (TPSA) is 58.6 Å². The minimum absolute atomic E-state index is 0.0328. The van der Waals surface area contributed by atoms with Crippen LogP contribution in [0.5, 0.6) is 5.75 Å². The third kappa shape index (κ3) is 4.76. The first-order valence-corrected chi connectivity index (χ1v) is 7.85. The molecule has 5 nitrogen and oxygen atoms in total. The fourth-order valence-corrected chi connectivity index (χ4v) is 2.67. The SMILES string of the molecule is CCOc1ccc(CC(=O)NC2CCN(C(C)=O)CC2)cc1. The van der Waals surface area contributed by atoms with Crippen LogP contribution in [0.15, 0.2) is 24.3 Å². The van der Waals surface area contributed by atoms with Crippen LogP contribution in [-0.2, 0) is 16.0 Å². The number of nitrogens with zero attached hydrogens (tertiary/aromatic N) is 1. The number of ether oxygens (including phenoxy) is 1. The van der Waals surface area contributed by atoms with Gasteiger partial charge >= 0.3 is 0 Å². The summed E-state index contributed by atoms with van der Waals surface area (Å²) in [5.41, 5.74) is 0.974. The molecule has 0 radical (unpaired) electrons. The van der Waals surface area contributed by atoms with Crippen molar-refractivity contribution in [1.82, 2.24) is 10.2 Å². The lowest BCUT2D eigenvalue weighted by molar-refractivity contribution is -0.130. The van der Waals surface area contributed by atoms with E-state index in [1.807, 2.05) is 36.1 Å². The van der Waals surface area contributed by atoms with Gasteiger partial charge in [0.2, 0.25) is 11.8 Å². The van der Waals surface area contributed by atoms with Crippen molar-refractivity contribution in [2.24, 2.45) is 0 Å². The van der Waals surface area contributed by atoms with E-state index in [1.54, 1.807) is 6.92 Å². The summed E-state index contributed by atoms with van der Waals surface area (Å²) < 4.78 is 5.38.